The number of hydrogen-bond donors (Lipinski definition) is 2. The molecular formula is C13H11BrN2O2. The van der Waals surface area contributed by atoms with Gasteiger partial charge in [0.15, 0.2) is 0 Å². The minimum atomic E-state index is -0.370. The first-order chi connectivity index (χ1) is 8.58. The molecule has 2 aromatic rings. The zero-order valence-electron chi connectivity index (χ0n) is 9.64. The number of amides is 1. The van der Waals surface area contributed by atoms with Crippen LogP contribution in [0.5, 0.6) is 5.75 Å². The number of nitrogens with one attached hydrogen (secondary N) is 1. The Bertz CT molecular complexity index is 599. The quantitative estimate of drug-likeness (QED) is 0.896. The SMILES string of the molecule is Cc1ncccc1NC(=O)c1cc(Br)ccc1O. The highest BCUT2D eigenvalue weighted by atomic mass is 79.9. The standard InChI is InChI=1S/C13H11BrN2O2/c1-8-11(3-2-6-15-8)16-13(18)10-7-9(14)4-5-12(10)17/h2-7,17H,1H3,(H,16,18). The van der Waals surface area contributed by atoms with Crippen LogP contribution in [0, 0.1) is 6.92 Å². The molecule has 1 amide bonds. The fraction of sp³-hybridized carbons (Fsp3) is 0.0769. The highest BCUT2D eigenvalue weighted by molar-refractivity contribution is 9.10. The van der Waals surface area contributed by atoms with E-state index >= 15 is 0 Å². The number of nitrogens with zero attached hydrogens (tertiary/aromatic N) is 1. The smallest absolute Gasteiger partial charge is 0.259 e. The van der Waals surface area contributed by atoms with Gasteiger partial charge in [-0.1, -0.05) is 15.9 Å². The topological polar surface area (TPSA) is 62.2 Å². The van der Waals surface area contributed by atoms with Crippen LogP contribution in [0.4, 0.5) is 5.69 Å². The number of aromatic nitrogens is 1. The Morgan fingerprint density at radius 2 is 2.17 bits per heavy atom. The van der Waals surface area contributed by atoms with Crippen molar-refractivity contribution in [2.24, 2.45) is 0 Å². The van der Waals surface area contributed by atoms with Crippen LogP contribution in [-0.4, -0.2) is 16.0 Å². The number of halogens is 1. The molecule has 0 radical (unpaired) electrons. The lowest BCUT2D eigenvalue weighted by Crippen LogP contribution is -2.13. The second-order valence-electron chi connectivity index (χ2n) is 3.75. The summed E-state index contributed by atoms with van der Waals surface area (Å²) in [5.41, 5.74) is 1.56. The van der Waals surface area contributed by atoms with Crippen molar-refractivity contribution in [2.75, 3.05) is 5.32 Å². The van der Waals surface area contributed by atoms with Gasteiger partial charge in [0, 0.05) is 10.7 Å². The van der Waals surface area contributed by atoms with Crippen LogP contribution in [-0.2, 0) is 0 Å². The molecule has 92 valence electrons. The van der Waals surface area contributed by atoms with Crippen molar-refractivity contribution in [1.82, 2.24) is 4.98 Å². The summed E-state index contributed by atoms with van der Waals surface area (Å²) < 4.78 is 0.730. The number of phenolic OH excluding ortho intramolecular Hbond substituents is 1. The molecule has 0 saturated heterocycles. The van der Waals surface area contributed by atoms with Gasteiger partial charge >= 0.3 is 0 Å². The van der Waals surface area contributed by atoms with E-state index in [1.807, 2.05) is 0 Å². The monoisotopic (exact) mass is 306 g/mol. The summed E-state index contributed by atoms with van der Waals surface area (Å²) in [6, 6.07) is 8.20. The van der Waals surface area contributed by atoms with E-state index in [2.05, 4.69) is 26.2 Å². The number of hydrogen-bond acceptors (Lipinski definition) is 3. The lowest BCUT2D eigenvalue weighted by Gasteiger charge is -2.08. The van der Waals surface area contributed by atoms with Gasteiger partial charge < -0.3 is 10.4 Å². The van der Waals surface area contributed by atoms with Gasteiger partial charge in [0.2, 0.25) is 0 Å². The summed E-state index contributed by atoms with van der Waals surface area (Å²) in [6.45, 7) is 1.80. The first kappa shape index (κ1) is 12.6. The molecule has 18 heavy (non-hydrogen) atoms. The maximum Gasteiger partial charge on any atom is 0.259 e. The van der Waals surface area contributed by atoms with Gasteiger partial charge in [0.25, 0.3) is 5.91 Å². The van der Waals surface area contributed by atoms with Crippen LogP contribution in [0.3, 0.4) is 0 Å². The molecule has 2 N–H and O–H groups in total. The third-order valence-corrected chi connectivity index (χ3v) is 2.95. The minimum Gasteiger partial charge on any atom is -0.507 e. The zero-order chi connectivity index (χ0) is 13.1. The Labute approximate surface area is 113 Å². The predicted molar refractivity (Wildman–Crippen MR) is 72.7 cm³/mol. The second-order valence-corrected chi connectivity index (χ2v) is 4.67. The number of aromatic hydroxyl groups is 1. The lowest BCUT2D eigenvalue weighted by molar-refractivity contribution is 0.102. The third kappa shape index (κ3) is 2.68. The molecule has 0 aliphatic rings. The molecule has 1 aromatic carbocycles. The van der Waals surface area contributed by atoms with Crippen LogP contribution < -0.4 is 5.32 Å². The molecule has 1 aromatic heterocycles. The summed E-state index contributed by atoms with van der Waals surface area (Å²) in [4.78, 5) is 16.1. The minimum absolute atomic E-state index is 0.0581. The third-order valence-electron chi connectivity index (χ3n) is 2.46. The van der Waals surface area contributed by atoms with Crippen molar-refractivity contribution in [3.8, 4) is 5.75 Å². The Balaban J connectivity index is 2.28. The van der Waals surface area contributed by atoms with Crippen molar-refractivity contribution in [3.63, 3.8) is 0 Å². The number of aryl methyl sites for hydroxylation is 1. The molecule has 4 nitrogen and oxygen atoms in total. The molecule has 0 bridgehead atoms. The fourth-order valence-corrected chi connectivity index (χ4v) is 1.86. The van der Waals surface area contributed by atoms with Crippen LogP contribution in [0.15, 0.2) is 41.0 Å². The summed E-state index contributed by atoms with van der Waals surface area (Å²) >= 11 is 3.26. The number of pyridine rings is 1. The number of carbonyl (C=O) groups excluding carboxylic acids is 1. The molecule has 0 saturated carbocycles. The van der Waals surface area contributed by atoms with E-state index in [0.29, 0.717) is 5.69 Å². The van der Waals surface area contributed by atoms with Crippen LogP contribution in [0.2, 0.25) is 0 Å². The van der Waals surface area contributed by atoms with Crippen molar-refractivity contribution in [1.29, 1.82) is 0 Å². The molecule has 0 aliphatic heterocycles. The molecule has 5 heteroatoms. The average molecular weight is 307 g/mol. The average Bonchev–Trinajstić information content (AvgIpc) is 2.35. The summed E-state index contributed by atoms with van der Waals surface area (Å²) in [5.74, 6) is -0.429. The van der Waals surface area contributed by atoms with E-state index in [1.165, 1.54) is 6.07 Å². The Morgan fingerprint density at radius 1 is 1.39 bits per heavy atom. The van der Waals surface area contributed by atoms with E-state index in [4.69, 9.17) is 0 Å². The number of anilines is 1. The Morgan fingerprint density at radius 3 is 2.89 bits per heavy atom. The van der Waals surface area contributed by atoms with E-state index in [9.17, 15) is 9.90 Å². The Hall–Kier alpha value is -1.88. The van der Waals surface area contributed by atoms with Gasteiger partial charge in [-0.3, -0.25) is 9.78 Å². The number of benzene rings is 1. The number of rotatable bonds is 2. The Kier molecular flexibility index (Phi) is 3.62. The van der Waals surface area contributed by atoms with Gasteiger partial charge in [0.1, 0.15) is 5.75 Å². The highest BCUT2D eigenvalue weighted by Gasteiger charge is 2.12. The molecule has 0 spiro atoms. The number of carbonyl (C=O) groups is 1. The molecule has 0 aliphatic carbocycles. The van der Waals surface area contributed by atoms with Crippen LogP contribution in [0.1, 0.15) is 16.1 Å². The van der Waals surface area contributed by atoms with E-state index < -0.39 is 0 Å². The normalized spacial score (nSPS) is 10.1. The molecule has 2 rings (SSSR count). The largest absolute Gasteiger partial charge is 0.507 e. The summed E-state index contributed by atoms with van der Waals surface area (Å²) in [6.07, 6.45) is 1.65. The van der Waals surface area contributed by atoms with Gasteiger partial charge in [-0.15, -0.1) is 0 Å². The lowest BCUT2D eigenvalue weighted by atomic mass is 10.2. The van der Waals surface area contributed by atoms with Crippen molar-refractivity contribution in [3.05, 3.63) is 52.3 Å². The molecular weight excluding hydrogens is 296 g/mol. The molecule has 0 unspecified atom stereocenters. The maximum absolute atomic E-state index is 12.0. The fourth-order valence-electron chi connectivity index (χ4n) is 1.50. The molecule has 0 atom stereocenters. The number of phenols is 1. The molecule has 0 fully saturated rings. The maximum atomic E-state index is 12.0. The highest BCUT2D eigenvalue weighted by Crippen LogP contribution is 2.23. The van der Waals surface area contributed by atoms with Gasteiger partial charge in [0.05, 0.1) is 16.9 Å². The van der Waals surface area contributed by atoms with Crippen molar-refractivity contribution in [2.45, 2.75) is 6.92 Å². The van der Waals surface area contributed by atoms with Crippen molar-refractivity contribution < 1.29 is 9.90 Å². The van der Waals surface area contributed by atoms with E-state index in [0.717, 1.165) is 10.2 Å². The van der Waals surface area contributed by atoms with Gasteiger partial charge in [-0.2, -0.15) is 0 Å². The van der Waals surface area contributed by atoms with E-state index in [1.54, 1.807) is 37.4 Å². The molecule has 1 heterocycles. The first-order valence-corrected chi connectivity index (χ1v) is 6.08. The van der Waals surface area contributed by atoms with Crippen molar-refractivity contribution >= 4 is 27.5 Å². The summed E-state index contributed by atoms with van der Waals surface area (Å²) in [5, 5.41) is 12.4. The van der Waals surface area contributed by atoms with Crippen LogP contribution in [0.25, 0.3) is 0 Å². The van der Waals surface area contributed by atoms with Gasteiger partial charge in [-0.25, -0.2) is 0 Å². The van der Waals surface area contributed by atoms with Gasteiger partial charge in [-0.05, 0) is 37.3 Å². The summed E-state index contributed by atoms with van der Waals surface area (Å²) in [7, 11) is 0. The first-order valence-electron chi connectivity index (χ1n) is 5.29. The second kappa shape index (κ2) is 5.18. The van der Waals surface area contributed by atoms with Crippen LogP contribution >= 0.6 is 15.9 Å². The van der Waals surface area contributed by atoms with E-state index in [-0.39, 0.29) is 17.2 Å². The predicted octanol–water partition coefficient (Wildman–Crippen LogP) is 3.11. The zero-order valence-corrected chi connectivity index (χ0v) is 11.2.